The van der Waals surface area contributed by atoms with Crippen LogP contribution in [0.2, 0.25) is 0 Å². The zero-order valence-corrected chi connectivity index (χ0v) is 18.5. The largest absolute Gasteiger partial charge is 0.494 e. The molecule has 0 unspecified atom stereocenters. The molecule has 0 bridgehead atoms. The van der Waals surface area contributed by atoms with Crippen LogP contribution in [0.4, 0.5) is 0 Å². The summed E-state index contributed by atoms with van der Waals surface area (Å²) < 4.78 is 21.5. The maximum atomic E-state index is 12.0. The summed E-state index contributed by atoms with van der Waals surface area (Å²) in [4.78, 5) is 28.3. The van der Waals surface area contributed by atoms with Gasteiger partial charge < -0.3 is 18.7 Å². The first-order valence-corrected chi connectivity index (χ1v) is 10.6. The van der Waals surface area contributed by atoms with E-state index >= 15 is 0 Å². The van der Waals surface area contributed by atoms with Gasteiger partial charge in [-0.3, -0.25) is 20.4 Å². The Morgan fingerprint density at radius 3 is 2.24 bits per heavy atom. The number of carbonyl (C=O) groups excluding carboxylic acids is 2. The van der Waals surface area contributed by atoms with Crippen LogP contribution in [0, 0.1) is 0 Å². The number of ether oxygens (including phenoxy) is 3. The number of rotatable bonds is 11. The average molecular weight is 454 g/mol. The number of nitrogens with zero attached hydrogens (tertiary/aromatic N) is 2. The Hall–Kier alpha value is -4.08. The average Bonchev–Trinajstić information content (AvgIpc) is 3.31. The molecule has 0 fully saturated rings. The molecular formula is C23H26N4O6. The Morgan fingerprint density at radius 1 is 0.879 bits per heavy atom. The molecule has 3 rings (SSSR count). The lowest BCUT2D eigenvalue weighted by atomic mass is 10.2. The van der Waals surface area contributed by atoms with E-state index in [9.17, 15) is 9.59 Å². The van der Waals surface area contributed by atoms with Crippen LogP contribution in [0.15, 0.2) is 53.1 Å². The number of hydrogen-bond donors (Lipinski definition) is 2. The second kappa shape index (κ2) is 12.1. The quantitative estimate of drug-likeness (QED) is 0.424. The minimum absolute atomic E-state index is 0.0548. The molecule has 10 heteroatoms. The fourth-order valence-corrected chi connectivity index (χ4v) is 2.79. The Balaban J connectivity index is 1.39. The van der Waals surface area contributed by atoms with Crippen LogP contribution in [-0.4, -0.2) is 41.8 Å². The van der Waals surface area contributed by atoms with E-state index in [1.165, 1.54) is 0 Å². The molecule has 33 heavy (non-hydrogen) atoms. The normalized spacial score (nSPS) is 10.4. The van der Waals surface area contributed by atoms with Gasteiger partial charge in [0.25, 0.3) is 5.91 Å². The minimum Gasteiger partial charge on any atom is -0.494 e. The Bertz CT molecular complexity index is 1050. The van der Waals surface area contributed by atoms with Crippen LogP contribution in [0.25, 0.3) is 11.4 Å². The van der Waals surface area contributed by atoms with Gasteiger partial charge in [0.2, 0.25) is 17.6 Å². The highest BCUT2D eigenvalue weighted by molar-refractivity contribution is 5.82. The molecule has 0 saturated carbocycles. The number of nitrogens with one attached hydrogen (secondary N) is 2. The molecule has 0 aliphatic carbocycles. The van der Waals surface area contributed by atoms with Gasteiger partial charge in [-0.15, -0.1) is 0 Å². The molecule has 0 spiro atoms. The highest BCUT2D eigenvalue weighted by Gasteiger charge is 2.12. The van der Waals surface area contributed by atoms with Crippen LogP contribution >= 0.6 is 0 Å². The molecule has 1 aromatic heterocycles. The third-order valence-corrected chi connectivity index (χ3v) is 4.31. The molecule has 0 aliphatic rings. The van der Waals surface area contributed by atoms with E-state index in [-0.39, 0.29) is 19.4 Å². The van der Waals surface area contributed by atoms with E-state index in [0.29, 0.717) is 36.4 Å². The van der Waals surface area contributed by atoms with Crippen LogP contribution in [0.5, 0.6) is 17.2 Å². The van der Waals surface area contributed by atoms with Crippen molar-refractivity contribution in [2.75, 3.05) is 19.8 Å². The molecule has 0 atom stereocenters. The van der Waals surface area contributed by atoms with Gasteiger partial charge in [0.15, 0.2) is 18.1 Å². The van der Waals surface area contributed by atoms with Crippen molar-refractivity contribution >= 4 is 11.8 Å². The summed E-state index contributed by atoms with van der Waals surface area (Å²) in [5.74, 6) is 1.57. The highest BCUT2D eigenvalue weighted by atomic mass is 16.5. The molecule has 1 heterocycles. The number of para-hydroxylation sites is 2. The molecule has 0 aliphatic heterocycles. The molecule has 174 valence electrons. The fraction of sp³-hybridized carbons (Fsp3) is 0.304. The van der Waals surface area contributed by atoms with Crippen molar-refractivity contribution in [1.29, 1.82) is 0 Å². The van der Waals surface area contributed by atoms with Crippen LogP contribution in [0.3, 0.4) is 0 Å². The highest BCUT2D eigenvalue weighted by Crippen LogP contribution is 2.26. The molecule has 10 nitrogen and oxygen atoms in total. The van der Waals surface area contributed by atoms with E-state index in [4.69, 9.17) is 18.7 Å². The zero-order valence-electron chi connectivity index (χ0n) is 18.5. The second-order valence-corrected chi connectivity index (χ2v) is 6.73. The van der Waals surface area contributed by atoms with E-state index in [1.807, 2.05) is 44.2 Å². The topological polar surface area (TPSA) is 125 Å². The first kappa shape index (κ1) is 23.6. The zero-order chi connectivity index (χ0) is 23.5. The third kappa shape index (κ3) is 7.23. The van der Waals surface area contributed by atoms with Crippen molar-refractivity contribution in [3.8, 4) is 28.6 Å². The summed E-state index contributed by atoms with van der Waals surface area (Å²) in [5.41, 5.74) is 5.41. The van der Waals surface area contributed by atoms with Crippen molar-refractivity contribution in [3.05, 3.63) is 54.4 Å². The van der Waals surface area contributed by atoms with Crippen molar-refractivity contribution in [2.45, 2.75) is 26.7 Å². The van der Waals surface area contributed by atoms with Gasteiger partial charge >= 0.3 is 0 Å². The van der Waals surface area contributed by atoms with Crippen molar-refractivity contribution < 1.29 is 28.3 Å². The predicted octanol–water partition coefficient (Wildman–Crippen LogP) is 2.69. The number of amides is 2. The number of hydrazine groups is 1. The van der Waals surface area contributed by atoms with Crippen molar-refractivity contribution in [2.24, 2.45) is 0 Å². The number of aryl methyl sites for hydroxylation is 1. The van der Waals surface area contributed by atoms with E-state index < -0.39 is 11.8 Å². The molecule has 0 radical (unpaired) electrons. The second-order valence-electron chi connectivity index (χ2n) is 6.73. The number of aromatic nitrogens is 2. The molecule has 2 aromatic carbocycles. The summed E-state index contributed by atoms with van der Waals surface area (Å²) >= 11 is 0. The van der Waals surface area contributed by atoms with E-state index in [0.717, 1.165) is 11.3 Å². The Labute approximate surface area is 191 Å². The molecular weight excluding hydrogens is 428 g/mol. The van der Waals surface area contributed by atoms with Crippen LogP contribution in [-0.2, 0) is 16.0 Å². The van der Waals surface area contributed by atoms with Gasteiger partial charge in [0.05, 0.1) is 13.2 Å². The van der Waals surface area contributed by atoms with Crippen LogP contribution < -0.4 is 25.1 Å². The Morgan fingerprint density at radius 2 is 1.55 bits per heavy atom. The Kier molecular flexibility index (Phi) is 8.63. The van der Waals surface area contributed by atoms with Gasteiger partial charge in [-0.2, -0.15) is 4.98 Å². The van der Waals surface area contributed by atoms with Crippen LogP contribution in [0.1, 0.15) is 26.2 Å². The van der Waals surface area contributed by atoms with E-state index in [1.54, 1.807) is 18.2 Å². The summed E-state index contributed by atoms with van der Waals surface area (Å²) in [6.45, 7) is 4.55. The maximum Gasteiger partial charge on any atom is 0.276 e. The van der Waals surface area contributed by atoms with Gasteiger partial charge in [-0.25, -0.2) is 0 Å². The first-order valence-electron chi connectivity index (χ1n) is 10.6. The number of benzene rings is 2. The lowest BCUT2D eigenvalue weighted by molar-refractivity contribution is -0.130. The molecule has 2 amide bonds. The minimum atomic E-state index is -0.509. The summed E-state index contributed by atoms with van der Waals surface area (Å²) in [6, 6.07) is 14.3. The molecule has 3 aromatic rings. The third-order valence-electron chi connectivity index (χ3n) is 4.31. The van der Waals surface area contributed by atoms with Gasteiger partial charge in [0, 0.05) is 18.4 Å². The lowest BCUT2D eigenvalue weighted by Crippen LogP contribution is -2.43. The van der Waals surface area contributed by atoms with Crippen molar-refractivity contribution in [1.82, 2.24) is 21.0 Å². The monoisotopic (exact) mass is 454 g/mol. The number of hydrogen-bond acceptors (Lipinski definition) is 8. The molecule has 0 saturated heterocycles. The lowest BCUT2D eigenvalue weighted by Gasteiger charge is -2.11. The summed E-state index contributed by atoms with van der Waals surface area (Å²) in [5, 5.41) is 3.93. The van der Waals surface area contributed by atoms with Gasteiger partial charge in [0.1, 0.15) is 5.75 Å². The predicted molar refractivity (Wildman–Crippen MR) is 119 cm³/mol. The smallest absolute Gasteiger partial charge is 0.276 e. The summed E-state index contributed by atoms with van der Waals surface area (Å²) in [7, 11) is 0. The van der Waals surface area contributed by atoms with Gasteiger partial charge in [-0.1, -0.05) is 17.3 Å². The molecule has 2 N–H and O–H groups in total. The fourth-order valence-electron chi connectivity index (χ4n) is 2.79. The first-order chi connectivity index (χ1) is 16.1. The van der Waals surface area contributed by atoms with Gasteiger partial charge in [-0.05, 0) is 50.2 Å². The number of carbonyl (C=O) groups is 2. The maximum absolute atomic E-state index is 12.0. The standard InChI is InChI=1S/C23H26N4O6/c1-3-30-17-11-9-16(10-12-17)23-24-22(33-27-23)14-13-20(28)25-26-21(29)15-32-19-8-6-5-7-18(19)31-4-2/h5-12H,3-4,13-15H2,1-2H3,(H,25,28)(H,26,29). The SMILES string of the molecule is CCOc1ccc(-c2noc(CCC(=O)NNC(=O)COc3ccccc3OCC)n2)cc1. The van der Waals surface area contributed by atoms with E-state index in [2.05, 4.69) is 21.0 Å². The van der Waals surface area contributed by atoms with Crippen molar-refractivity contribution in [3.63, 3.8) is 0 Å². The summed E-state index contributed by atoms with van der Waals surface area (Å²) in [6.07, 6.45) is 0.281.